The molecule has 0 atom stereocenters. The Bertz CT molecular complexity index is 456. The molecule has 98 valence electrons. The van der Waals surface area contributed by atoms with Crippen LogP contribution in [0.4, 0.5) is 5.69 Å². The fraction of sp³-hybridized carbons (Fsp3) is 0.500. The summed E-state index contributed by atoms with van der Waals surface area (Å²) in [5, 5.41) is 0.835. The highest BCUT2D eigenvalue weighted by Gasteiger charge is 2.17. The van der Waals surface area contributed by atoms with Crippen molar-refractivity contribution in [2.45, 2.75) is 13.8 Å². The van der Waals surface area contributed by atoms with Crippen LogP contribution < -0.4 is 4.90 Å². The van der Waals surface area contributed by atoms with Gasteiger partial charge in [0.05, 0.1) is 23.8 Å². The summed E-state index contributed by atoms with van der Waals surface area (Å²) in [4.78, 5) is 9.05. The molecule has 3 nitrogen and oxygen atoms in total. The zero-order valence-electron chi connectivity index (χ0n) is 11.3. The predicted octanol–water partition coefficient (Wildman–Crippen LogP) is 2.82. The van der Waals surface area contributed by atoms with Crippen molar-refractivity contribution < 1.29 is 0 Å². The summed E-state index contributed by atoms with van der Waals surface area (Å²) < 4.78 is 0. The molecule has 0 spiro atoms. The smallest absolute Gasteiger partial charge is 0.119 e. The first-order chi connectivity index (χ1) is 8.63. The Labute approximate surface area is 114 Å². The van der Waals surface area contributed by atoms with Gasteiger partial charge in [0, 0.05) is 20.1 Å². The van der Waals surface area contributed by atoms with Crippen molar-refractivity contribution in [1.29, 1.82) is 0 Å². The molecule has 1 heterocycles. The Morgan fingerprint density at radius 1 is 1.44 bits per heavy atom. The number of halogens is 1. The average Bonchev–Trinajstić information content (AvgIpc) is 2.79. The molecule has 0 bridgehead atoms. The van der Waals surface area contributed by atoms with Gasteiger partial charge in [-0.1, -0.05) is 23.7 Å². The van der Waals surface area contributed by atoms with Gasteiger partial charge in [-0.3, -0.25) is 4.99 Å². The quantitative estimate of drug-likeness (QED) is 0.834. The van der Waals surface area contributed by atoms with Crippen molar-refractivity contribution in [2.75, 3.05) is 38.1 Å². The second-order valence-corrected chi connectivity index (χ2v) is 5.02. The maximum Gasteiger partial charge on any atom is 0.119 e. The van der Waals surface area contributed by atoms with E-state index in [2.05, 4.69) is 34.8 Å². The van der Waals surface area contributed by atoms with E-state index in [0.29, 0.717) is 0 Å². The normalized spacial score (nSPS) is 14.9. The van der Waals surface area contributed by atoms with Crippen LogP contribution in [0.15, 0.2) is 23.2 Å². The molecule has 0 saturated carbocycles. The van der Waals surface area contributed by atoms with Gasteiger partial charge in [0.1, 0.15) is 5.84 Å². The summed E-state index contributed by atoms with van der Waals surface area (Å²) >= 11 is 6.35. The van der Waals surface area contributed by atoms with Gasteiger partial charge in [0.2, 0.25) is 0 Å². The lowest BCUT2D eigenvalue weighted by Gasteiger charge is -2.25. The van der Waals surface area contributed by atoms with Crippen LogP contribution >= 0.6 is 11.6 Å². The van der Waals surface area contributed by atoms with Crippen LogP contribution in [0.5, 0.6) is 0 Å². The van der Waals surface area contributed by atoms with Crippen molar-refractivity contribution in [3.05, 3.63) is 28.8 Å². The van der Waals surface area contributed by atoms with Gasteiger partial charge in [-0.15, -0.1) is 0 Å². The molecule has 1 aromatic carbocycles. The van der Waals surface area contributed by atoms with Gasteiger partial charge >= 0.3 is 0 Å². The SMILES string of the molecule is CCN1CCN=C1CN(C)c1cccc(C)c1Cl. The standard InChI is InChI=1S/C14H20ClN3/c1-4-18-9-8-16-13(18)10-17(3)12-7-5-6-11(2)14(12)15/h5-7H,4,8-10H2,1-3H3. The second-order valence-electron chi connectivity index (χ2n) is 4.64. The highest BCUT2D eigenvalue weighted by atomic mass is 35.5. The van der Waals surface area contributed by atoms with Crippen LogP contribution in [-0.4, -0.2) is 44.0 Å². The zero-order valence-corrected chi connectivity index (χ0v) is 12.0. The molecule has 0 fully saturated rings. The molecule has 0 unspecified atom stereocenters. The highest BCUT2D eigenvalue weighted by molar-refractivity contribution is 6.34. The molecule has 0 N–H and O–H groups in total. The first-order valence-electron chi connectivity index (χ1n) is 6.38. The maximum atomic E-state index is 6.35. The van der Waals surface area contributed by atoms with Crippen LogP contribution in [0.25, 0.3) is 0 Å². The third-order valence-electron chi connectivity index (χ3n) is 3.37. The van der Waals surface area contributed by atoms with Gasteiger partial charge in [0.25, 0.3) is 0 Å². The van der Waals surface area contributed by atoms with Crippen LogP contribution in [-0.2, 0) is 0 Å². The maximum absolute atomic E-state index is 6.35. The third kappa shape index (κ3) is 2.61. The number of hydrogen-bond acceptors (Lipinski definition) is 3. The van der Waals surface area contributed by atoms with Gasteiger partial charge < -0.3 is 9.80 Å². The summed E-state index contributed by atoms with van der Waals surface area (Å²) in [7, 11) is 2.06. The van der Waals surface area contributed by atoms with Gasteiger partial charge in [-0.2, -0.15) is 0 Å². The first-order valence-corrected chi connectivity index (χ1v) is 6.75. The number of benzene rings is 1. The molecule has 1 aliphatic rings. The number of aliphatic imine (C=N–C) groups is 1. The number of rotatable bonds is 4. The lowest BCUT2D eigenvalue weighted by Crippen LogP contribution is -2.36. The van der Waals surface area contributed by atoms with Crippen LogP contribution in [0.2, 0.25) is 5.02 Å². The van der Waals surface area contributed by atoms with Crippen LogP contribution in [0.1, 0.15) is 12.5 Å². The van der Waals surface area contributed by atoms with E-state index in [1.807, 2.05) is 19.1 Å². The number of nitrogens with zero attached hydrogens (tertiary/aromatic N) is 3. The predicted molar refractivity (Wildman–Crippen MR) is 79.0 cm³/mol. The number of amidine groups is 1. The molecule has 0 radical (unpaired) electrons. The van der Waals surface area contributed by atoms with Crippen molar-refractivity contribution in [3.8, 4) is 0 Å². The Morgan fingerprint density at radius 2 is 2.22 bits per heavy atom. The van der Waals surface area contributed by atoms with Gasteiger partial charge in [0.15, 0.2) is 0 Å². The second kappa shape index (κ2) is 5.61. The molecule has 1 aliphatic heterocycles. The third-order valence-corrected chi connectivity index (χ3v) is 3.86. The summed E-state index contributed by atoms with van der Waals surface area (Å²) in [5.41, 5.74) is 2.18. The minimum atomic E-state index is 0.816. The fourth-order valence-corrected chi connectivity index (χ4v) is 2.51. The molecule has 0 aliphatic carbocycles. The van der Waals surface area contributed by atoms with Crippen LogP contribution in [0, 0.1) is 6.92 Å². The van der Waals surface area contributed by atoms with E-state index in [0.717, 1.165) is 48.3 Å². The van der Waals surface area contributed by atoms with E-state index in [-0.39, 0.29) is 0 Å². The molecule has 18 heavy (non-hydrogen) atoms. The Hall–Kier alpha value is -1.22. The molecule has 2 rings (SSSR count). The summed E-state index contributed by atoms with van der Waals surface area (Å²) in [6, 6.07) is 6.13. The van der Waals surface area contributed by atoms with Crippen molar-refractivity contribution in [1.82, 2.24) is 4.90 Å². The minimum absolute atomic E-state index is 0.816. The van der Waals surface area contributed by atoms with E-state index in [1.165, 1.54) is 0 Å². The fourth-order valence-electron chi connectivity index (χ4n) is 2.24. The van der Waals surface area contributed by atoms with E-state index < -0.39 is 0 Å². The van der Waals surface area contributed by atoms with Crippen molar-refractivity contribution in [3.63, 3.8) is 0 Å². The Kier molecular flexibility index (Phi) is 4.12. The average molecular weight is 266 g/mol. The van der Waals surface area contributed by atoms with E-state index in [9.17, 15) is 0 Å². The molecule has 4 heteroatoms. The van der Waals surface area contributed by atoms with E-state index in [1.54, 1.807) is 0 Å². The topological polar surface area (TPSA) is 18.8 Å². The molecule has 0 saturated heterocycles. The lowest BCUT2D eigenvalue weighted by molar-refractivity contribution is 0.477. The molecular weight excluding hydrogens is 246 g/mol. The molecular formula is C14H20ClN3. The summed E-state index contributed by atoms with van der Waals surface area (Å²) in [5.74, 6) is 1.16. The van der Waals surface area contributed by atoms with Gasteiger partial charge in [-0.05, 0) is 25.5 Å². The highest BCUT2D eigenvalue weighted by Crippen LogP contribution is 2.28. The summed E-state index contributed by atoms with van der Waals surface area (Å²) in [6.07, 6.45) is 0. The largest absolute Gasteiger partial charge is 0.366 e. The van der Waals surface area contributed by atoms with Crippen LogP contribution in [0.3, 0.4) is 0 Å². The van der Waals surface area contributed by atoms with Crippen molar-refractivity contribution in [2.24, 2.45) is 4.99 Å². The van der Waals surface area contributed by atoms with Gasteiger partial charge in [-0.25, -0.2) is 0 Å². The van der Waals surface area contributed by atoms with E-state index in [4.69, 9.17) is 11.6 Å². The van der Waals surface area contributed by atoms with Crippen molar-refractivity contribution >= 4 is 23.1 Å². The molecule has 1 aromatic rings. The number of likely N-dealkylation sites (N-methyl/N-ethyl adjacent to an activating group) is 2. The monoisotopic (exact) mass is 265 g/mol. The molecule has 0 aromatic heterocycles. The number of anilines is 1. The number of hydrogen-bond donors (Lipinski definition) is 0. The first kappa shape index (κ1) is 13.2. The molecule has 0 amide bonds. The lowest BCUT2D eigenvalue weighted by atomic mass is 10.2. The minimum Gasteiger partial charge on any atom is -0.366 e. The number of aryl methyl sites for hydroxylation is 1. The zero-order chi connectivity index (χ0) is 13.1. The summed E-state index contributed by atoms with van der Waals surface area (Å²) in [6.45, 7) is 8.00. The van der Waals surface area contributed by atoms with E-state index >= 15 is 0 Å². The Balaban J connectivity index is 2.12. The Morgan fingerprint density at radius 3 is 2.94 bits per heavy atom.